The summed E-state index contributed by atoms with van der Waals surface area (Å²) in [6.07, 6.45) is -3.59. The standard InChI is InChI=1S/C25H20F3NO3.C2H6O/c26-25(27,28)23-13-20-11-17(15-31-22-7-2-1-5-18(22)8-9-30)12-21(24(20)32-23)19-6-3-4-16(10-19)14-29;1-3-2/h1-7,9-13H,8,14-15,29H2;1-2H3. The van der Waals surface area contributed by atoms with Crippen LogP contribution in [0.5, 0.6) is 5.75 Å². The van der Waals surface area contributed by atoms with Crippen molar-refractivity contribution in [2.24, 2.45) is 5.73 Å². The molecule has 0 unspecified atom stereocenters. The number of carbonyl (C=O) groups is 1. The van der Waals surface area contributed by atoms with E-state index in [-0.39, 0.29) is 18.6 Å². The van der Waals surface area contributed by atoms with Crippen LogP contribution in [-0.4, -0.2) is 20.5 Å². The Balaban J connectivity index is 0.00000108. The van der Waals surface area contributed by atoms with Crippen molar-refractivity contribution in [3.8, 4) is 16.9 Å². The second kappa shape index (κ2) is 11.7. The van der Waals surface area contributed by atoms with Crippen molar-refractivity contribution in [1.29, 1.82) is 0 Å². The van der Waals surface area contributed by atoms with Crippen LogP contribution in [0.2, 0.25) is 0 Å². The van der Waals surface area contributed by atoms with Crippen molar-refractivity contribution in [3.05, 3.63) is 89.2 Å². The van der Waals surface area contributed by atoms with Gasteiger partial charge < -0.3 is 24.4 Å². The van der Waals surface area contributed by atoms with Crippen LogP contribution in [0.4, 0.5) is 13.2 Å². The molecule has 4 aromatic rings. The minimum atomic E-state index is -4.60. The summed E-state index contributed by atoms with van der Waals surface area (Å²) < 4.78 is 55.3. The molecule has 4 rings (SSSR count). The predicted molar refractivity (Wildman–Crippen MR) is 128 cm³/mol. The first-order chi connectivity index (χ1) is 16.8. The Kier molecular flexibility index (Phi) is 8.68. The minimum Gasteiger partial charge on any atom is -0.489 e. The van der Waals surface area contributed by atoms with Gasteiger partial charge in [-0.1, -0.05) is 36.4 Å². The largest absolute Gasteiger partial charge is 0.489 e. The van der Waals surface area contributed by atoms with E-state index >= 15 is 0 Å². The van der Waals surface area contributed by atoms with Crippen LogP contribution >= 0.6 is 0 Å². The number of ether oxygens (including phenoxy) is 2. The van der Waals surface area contributed by atoms with Gasteiger partial charge in [-0.05, 0) is 47.0 Å². The lowest BCUT2D eigenvalue weighted by atomic mass is 9.99. The van der Waals surface area contributed by atoms with E-state index in [9.17, 15) is 18.0 Å². The van der Waals surface area contributed by atoms with E-state index in [1.165, 1.54) is 0 Å². The number of benzene rings is 3. The molecule has 0 spiro atoms. The predicted octanol–water partition coefficient (Wildman–Crippen LogP) is 6.16. The monoisotopic (exact) mass is 485 g/mol. The molecular formula is C27H26F3NO4. The van der Waals surface area contributed by atoms with Gasteiger partial charge in [0, 0.05) is 43.7 Å². The minimum absolute atomic E-state index is 0.113. The number of furan rings is 1. The van der Waals surface area contributed by atoms with Gasteiger partial charge in [0.05, 0.1) is 0 Å². The lowest BCUT2D eigenvalue weighted by Crippen LogP contribution is -2.01. The Morgan fingerprint density at radius 1 is 0.971 bits per heavy atom. The molecule has 1 aromatic heterocycles. The SMILES string of the molecule is COC.NCc1cccc(-c2cc(COc3ccccc3CC=O)cc3cc(C(F)(F)F)oc23)c1. The number of hydrogen-bond acceptors (Lipinski definition) is 5. The van der Waals surface area contributed by atoms with Crippen molar-refractivity contribution in [2.45, 2.75) is 25.7 Å². The number of aldehydes is 1. The van der Waals surface area contributed by atoms with Gasteiger partial charge in [0.25, 0.3) is 0 Å². The Bertz CT molecular complexity index is 1280. The molecule has 0 aliphatic rings. The molecule has 0 saturated heterocycles. The third-order valence-electron chi connectivity index (χ3n) is 5.10. The topological polar surface area (TPSA) is 74.7 Å². The molecule has 0 amide bonds. The number of hydrogen-bond donors (Lipinski definition) is 1. The van der Waals surface area contributed by atoms with Crippen LogP contribution < -0.4 is 10.5 Å². The van der Waals surface area contributed by atoms with E-state index in [1.807, 2.05) is 18.2 Å². The van der Waals surface area contributed by atoms with Crippen LogP contribution in [0.1, 0.15) is 22.5 Å². The Morgan fingerprint density at radius 3 is 2.40 bits per heavy atom. The molecule has 0 bridgehead atoms. The van der Waals surface area contributed by atoms with Crippen LogP contribution in [-0.2, 0) is 35.3 Å². The second-order valence-electron chi connectivity index (χ2n) is 7.75. The lowest BCUT2D eigenvalue weighted by Gasteiger charge is -2.12. The van der Waals surface area contributed by atoms with Gasteiger partial charge in [-0.3, -0.25) is 0 Å². The summed E-state index contributed by atoms with van der Waals surface area (Å²) in [5.41, 5.74) is 9.36. The third kappa shape index (κ3) is 6.49. The molecule has 0 aliphatic heterocycles. The quantitative estimate of drug-likeness (QED) is 0.317. The van der Waals surface area contributed by atoms with E-state index in [1.54, 1.807) is 56.7 Å². The summed E-state index contributed by atoms with van der Waals surface area (Å²) in [6.45, 7) is 0.418. The number of fused-ring (bicyclic) bond motifs is 1. The zero-order valence-corrected chi connectivity index (χ0v) is 19.4. The van der Waals surface area contributed by atoms with E-state index in [2.05, 4.69) is 4.74 Å². The van der Waals surface area contributed by atoms with Gasteiger partial charge in [-0.2, -0.15) is 13.2 Å². The molecule has 0 atom stereocenters. The number of alkyl halides is 3. The van der Waals surface area contributed by atoms with Crippen molar-refractivity contribution in [1.82, 2.24) is 0 Å². The van der Waals surface area contributed by atoms with E-state index in [0.29, 0.717) is 34.4 Å². The van der Waals surface area contributed by atoms with Crippen LogP contribution in [0.15, 0.2) is 71.1 Å². The molecule has 35 heavy (non-hydrogen) atoms. The van der Waals surface area contributed by atoms with Gasteiger partial charge in [-0.25, -0.2) is 0 Å². The average Bonchev–Trinajstić information content (AvgIpc) is 3.29. The third-order valence-corrected chi connectivity index (χ3v) is 5.10. The first-order valence-corrected chi connectivity index (χ1v) is 10.8. The molecule has 5 nitrogen and oxygen atoms in total. The first-order valence-electron chi connectivity index (χ1n) is 10.8. The zero-order valence-electron chi connectivity index (χ0n) is 19.4. The summed E-state index contributed by atoms with van der Waals surface area (Å²) in [5, 5.41) is 0.327. The molecule has 0 saturated carbocycles. The first kappa shape index (κ1) is 26.0. The maximum absolute atomic E-state index is 13.3. The Morgan fingerprint density at radius 2 is 1.71 bits per heavy atom. The number of rotatable bonds is 7. The number of para-hydroxylation sites is 1. The summed E-state index contributed by atoms with van der Waals surface area (Å²) in [6, 6.07) is 18.8. The molecule has 0 radical (unpaired) electrons. The number of methoxy groups -OCH3 is 1. The normalized spacial score (nSPS) is 11.1. The summed E-state index contributed by atoms with van der Waals surface area (Å²) in [4.78, 5) is 10.9. The van der Waals surface area contributed by atoms with Gasteiger partial charge in [-0.15, -0.1) is 0 Å². The molecule has 184 valence electrons. The van der Waals surface area contributed by atoms with Crippen molar-refractivity contribution < 1.29 is 31.9 Å². The highest BCUT2D eigenvalue weighted by atomic mass is 19.4. The molecule has 1 heterocycles. The van der Waals surface area contributed by atoms with Gasteiger partial charge in [0.1, 0.15) is 24.2 Å². The van der Waals surface area contributed by atoms with Crippen LogP contribution in [0.3, 0.4) is 0 Å². The van der Waals surface area contributed by atoms with Crippen LogP contribution in [0.25, 0.3) is 22.1 Å². The molecule has 0 aliphatic carbocycles. The van der Waals surface area contributed by atoms with E-state index in [4.69, 9.17) is 14.9 Å². The lowest BCUT2D eigenvalue weighted by molar-refractivity contribution is -0.152. The fourth-order valence-electron chi connectivity index (χ4n) is 3.58. The number of nitrogens with two attached hydrogens (primary N) is 1. The molecule has 2 N–H and O–H groups in total. The Hall–Kier alpha value is -3.62. The fraction of sp³-hybridized carbons (Fsp3) is 0.222. The van der Waals surface area contributed by atoms with Gasteiger partial charge in [0.2, 0.25) is 5.76 Å². The second-order valence-corrected chi connectivity index (χ2v) is 7.75. The van der Waals surface area contributed by atoms with Gasteiger partial charge in [0.15, 0.2) is 0 Å². The van der Waals surface area contributed by atoms with E-state index in [0.717, 1.165) is 23.5 Å². The molecule has 3 aromatic carbocycles. The maximum Gasteiger partial charge on any atom is 0.449 e. The smallest absolute Gasteiger partial charge is 0.449 e. The fourth-order valence-corrected chi connectivity index (χ4v) is 3.58. The molecular weight excluding hydrogens is 459 g/mol. The van der Waals surface area contributed by atoms with Gasteiger partial charge >= 0.3 is 6.18 Å². The van der Waals surface area contributed by atoms with Crippen molar-refractivity contribution in [3.63, 3.8) is 0 Å². The summed E-state index contributed by atoms with van der Waals surface area (Å²) in [7, 11) is 3.25. The maximum atomic E-state index is 13.3. The van der Waals surface area contributed by atoms with Crippen LogP contribution in [0, 0.1) is 0 Å². The average molecular weight is 486 g/mol. The number of carbonyl (C=O) groups excluding carboxylic acids is 1. The van der Waals surface area contributed by atoms with Crippen molar-refractivity contribution in [2.75, 3.05) is 14.2 Å². The summed E-state index contributed by atoms with van der Waals surface area (Å²) >= 11 is 0. The molecule has 8 heteroatoms. The molecule has 0 fully saturated rings. The Labute approximate surface area is 201 Å². The highest BCUT2D eigenvalue weighted by Gasteiger charge is 2.35. The van der Waals surface area contributed by atoms with E-state index < -0.39 is 11.9 Å². The summed E-state index contributed by atoms with van der Waals surface area (Å²) in [5.74, 6) is -0.507. The number of halogens is 3. The zero-order chi connectivity index (χ0) is 25.4. The van der Waals surface area contributed by atoms with Crippen molar-refractivity contribution >= 4 is 17.3 Å². The highest BCUT2D eigenvalue weighted by molar-refractivity contribution is 5.93. The highest BCUT2D eigenvalue weighted by Crippen LogP contribution is 2.39.